The third kappa shape index (κ3) is 5.15. The van der Waals surface area contributed by atoms with Gasteiger partial charge in [-0.1, -0.05) is 36.4 Å². The van der Waals surface area contributed by atoms with Gasteiger partial charge in [-0.05, 0) is 23.3 Å². The molecule has 3 aromatic rings. The maximum Gasteiger partial charge on any atom is 0.342 e. The monoisotopic (exact) mass is 467 g/mol. The van der Waals surface area contributed by atoms with Gasteiger partial charge in [-0.25, -0.2) is 9.59 Å². The molecule has 0 radical (unpaired) electrons. The Hall–Kier alpha value is -4.80. The van der Waals surface area contributed by atoms with Crippen LogP contribution in [0.25, 0.3) is 11.1 Å². The first kappa shape index (κ1) is 23.9. The van der Waals surface area contributed by atoms with Crippen LogP contribution in [0.2, 0.25) is 0 Å². The number of amides is 1. The van der Waals surface area contributed by atoms with E-state index in [2.05, 4.69) is 5.32 Å². The average Bonchev–Trinajstić information content (AvgIpc) is 2.80. The molecule has 11 heteroatoms. The fraction of sp³-hybridized carbons (Fsp3) is 0.130. The number of rotatable bonds is 9. The number of nitrogen functional groups attached to an aromatic ring is 1. The number of H-pyrrole nitrogens is 1. The second-order valence-corrected chi connectivity index (χ2v) is 7.02. The molecule has 0 spiro atoms. The van der Waals surface area contributed by atoms with Gasteiger partial charge in [0.05, 0.1) is 7.11 Å². The Morgan fingerprint density at radius 3 is 2.29 bits per heavy atom. The maximum absolute atomic E-state index is 12.2. The van der Waals surface area contributed by atoms with Crippen molar-refractivity contribution < 1.29 is 34.1 Å². The molecule has 1 amide bonds. The summed E-state index contributed by atoms with van der Waals surface area (Å²) in [7, 11) is 1.31. The molecule has 0 unspecified atom stereocenters. The molecule has 1 aromatic heterocycles. The van der Waals surface area contributed by atoms with Gasteiger partial charge >= 0.3 is 11.9 Å². The van der Waals surface area contributed by atoms with Crippen molar-refractivity contribution in [3.05, 3.63) is 75.6 Å². The molecule has 0 fully saturated rings. The van der Waals surface area contributed by atoms with Gasteiger partial charge in [0.2, 0.25) is 0 Å². The molecule has 176 valence electrons. The predicted octanol–water partition coefficient (Wildman–Crippen LogP) is 1.72. The molecule has 0 saturated carbocycles. The first-order valence-electron chi connectivity index (χ1n) is 9.87. The highest BCUT2D eigenvalue weighted by atomic mass is 16.5. The van der Waals surface area contributed by atoms with Crippen LogP contribution in [-0.4, -0.2) is 46.8 Å². The Balaban J connectivity index is 1.88. The van der Waals surface area contributed by atoms with E-state index in [0.717, 1.165) is 5.56 Å². The van der Waals surface area contributed by atoms with Crippen molar-refractivity contribution in [1.29, 1.82) is 0 Å². The third-order valence-corrected chi connectivity index (χ3v) is 4.82. The summed E-state index contributed by atoms with van der Waals surface area (Å²) in [5.74, 6) is -3.81. The smallest absolute Gasteiger partial charge is 0.342 e. The minimum absolute atomic E-state index is 0.0466. The minimum Gasteiger partial charge on any atom is -0.493 e. The van der Waals surface area contributed by atoms with Crippen LogP contribution in [-0.2, 0) is 11.3 Å². The molecule has 3 rings (SSSR count). The molecule has 0 bridgehead atoms. The topological polar surface area (TPSA) is 181 Å². The number of carbonyl (C=O) groups excluding carboxylic acids is 1. The van der Waals surface area contributed by atoms with Gasteiger partial charge in [0.15, 0.2) is 18.1 Å². The van der Waals surface area contributed by atoms with Gasteiger partial charge in [0.1, 0.15) is 16.9 Å². The highest BCUT2D eigenvalue weighted by Crippen LogP contribution is 2.36. The summed E-state index contributed by atoms with van der Waals surface area (Å²) >= 11 is 0. The van der Waals surface area contributed by atoms with Gasteiger partial charge < -0.3 is 35.7 Å². The number of hydrogen-bond acceptors (Lipinski definition) is 7. The van der Waals surface area contributed by atoms with Crippen LogP contribution >= 0.6 is 0 Å². The lowest BCUT2D eigenvalue weighted by Crippen LogP contribution is -2.28. The standard InChI is InChI=1S/C23H21N3O8/c1-33-15-9-13(17-18(22(29)30)20(24)26-21(28)19(17)23(31)32)7-8-14(15)34-11-16(27)25-10-12-5-3-2-4-6-12/h2-9H,10-11H2,1H3,(H,25,27)(H,29,30)(H,31,32)(H3,24,26,28). The quantitative estimate of drug-likeness (QED) is 0.313. The van der Waals surface area contributed by atoms with E-state index < -0.39 is 40.3 Å². The summed E-state index contributed by atoms with van der Waals surface area (Å²) in [5, 5.41) is 21.8. The number of ether oxygens (including phenoxy) is 2. The number of methoxy groups -OCH3 is 1. The van der Waals surface area contributed by atoms with E-state index in [4.69, 9.17) is 15.2 Å². The number of nitrogens with two attached hydrogens (primary N) is 1. The maximum atomic E-state index is 12.2. The lowest BCUT2D eigenvalue weighted by atomic mass is 9.95. The zero-order chi connectivity index (χ0) is 24.8. The van der Waals surface area contributed by atoms with Crippen LogP contribution in [0.4, 0.5) is 5.82 Å². The van der Waals surface area contributed by atoms with Crippen LogP contribution in [0.15, 0.2) is 53.3 Å². The summed E-state index contributed by atoms with van der Waals surface area (Å²) < 4.78 is 10.8. The summed E-state index contributed by atoms with van der Waals surface area (Å²) in [5.41, 5.74) is 3.81. The highest BCUT2D eigenvalue weighted by Gasteiger charge is 2.27. The number of aromatic amines is 1. The van der Waals surface area contributed by atoms with E-state index in [-0.39, 0.29) is 29.2 Å². The number of benzene rings is 2. The fourth-order valence-corrected chi connectivity index (χ4v) is 3.27. The molecule has 0 atom stereocenters. The van der Waals surface area contributed by atoms with Crippen molar-refractivity contribution in [3.63, 3.8) is 0 Å². The van der Waals surface area contributed by atoms with Crippen molar-refractivity contribution in [3.8, 4) is 22.6 Å². The van der Waals surface area contributed by atoms with Gasteiger partial charge in [0.25, 0.3) is 11.5 Å². The number of nitrogens with one attached hydrogen (secondary N) is 2. The molecule has 1 heterocycles. The number of anilines is 1. The molecule has 34 heavy (non-hydrogen) atoms. The van der Waals surface area contributed by atoms with E-state index in [9.17, 15) is 29.4 Å². The van der Waals surface area contributed by atoms with Gasteiger partial charge in [0, 0.05) is 12.1 Å². The SMILES string of the molecule is COc1cc(-c2c(C(=O)O)c(N)[nH]c(=O)c2C(=O)O)ccc1OCC(=O)NCc1ccccc1. The van der Waals surface area contributed by atoms with E-state index in [1.165, 1.54) is 25.3 Å². The first-order chi connectivity index (χ1) is 16.2. The molecule has 0 aliphatic heterocycles. The van der Waals surface area contributed by atoms with Crippen LogP contribution in [0.3, 0.4) is 0 Å². The number of hydrogen-bond donors (Lipinski definition) is 5. The van der Waals surface area contributed by atoms with Gasteiger partial charge in [-0.2, -0.15) is 0 Å². The molecular weight excluding hydrogens is 446 g/mol. The molecule has 0 aliphatic rings. The Bertz CT molecular complexity index is 1300. The lowest BCUT2D eigenvalue weighted by molar-refractivity contribution is -0.123. The van der Waals surface area contributed by atoms with E-state index >= 15 is 0 Å². The van der Waals surface area contributed by atoms with E-state index in [1.807, 2.05) is 35.3 Å². The van der Waals surface area contributed by atoms with Crippen LogP contribution in [0, 0.1) is 0 Å². The van der Waals surface area contributed by atoms with Gasteiger partial charge in [-0.3, -0.25) is 9.59 Å². The number of pyridine rings is 1. The second-order valence-electron chi connectivity index (χ2n) is 7.02. The number of carboxylic acids is 2. The number of aromatic carboxylic acids is 2. The van der Waals surface area contributed by atoms with Crippen LogP contribution in [0.1, 0.15) is 26.3 Å². The molecule has 0 aliphatic carbocycles. The summed E-state index contributed by atoms with van der Waals surface area (Å²) in [6.45, 7) is -0.0136. The zero-order valence-electron chi connectivity index (χ0n) is 18.0. The first-order valence-corrected chi connectivity index (χ1v) is 9.87. The van der Waals surface area contributed by atoms with Crippen molar-refractivity contribution in [2.45, 2.75) is 6.54 Å². The average molecular weight is 467 g/mol. The molecule has 2 aromatic carbocycles. The molecule has 0 saturated heterocycles. The number of carboxylic acid groups (broad SMARTS) is 2. The Morgan fingerprint density at radius 2 is 1.68 bits per heavy atom. The molecular formula is C23H21N3O8. The normalized spacial score (nSPS) is 10.4. The zero-order valence-corrected chi connectivity index (χ0v) is 18.0. The molecule has 6 N–H and O–H groups in total. The highest BCUT2D eigenvalue weighted by molar-refractivity contribution is 6.07. The summed E-state index contributed by atoms with van der Waals surface area (Å²) in [6, 6.07) is 13.3. The van der Waals surface area contributed by atoms with Crippen molar-refractivity contribution in [1.82, 2.24) is 10.3 Å². The molecule has 11 nitrogen and oxygen atoms in total. The fourth-order valence-electron chi connectivity index (χ4n) is 3.27. The summed E-state index contributed by atoms with van der Waals surface area (Å²) in [6.07, 6.45) is 0. The lowest BCUT2D eigenvalue weighted by Gasteiger charge is -2.15. The Morgan fingerprint density at radius 1 is 1.00 bits per heavy atom. The Kier molecular flexibility index (Phi) is 7.16. The largest absolute Gasteiger partial charge is 0.493 e. The van der Waals surface area contributed by atoms with E-state index in [1.54, 1.807) is 0 Å². The minimum atomic E-state index is -1.63. The van der Waals surface area contributed by atoms with Crippen LogP contribution < -0.4 is 26.1 Å². The number of aromatic nitrogens is 1. The van der Waals surface area contributed by atoms with Crippen molar-refractivity contribution in [2.75, 3.05) is 19.5 Å². The van der Waals surface area contributed by atoms with Crippen molar-refractivity contribution in [2.24, 2.45) is 0 Å². The Labute approximate surface area is 192 Å². The summed E-state index contributed by atoms with van der Waals surface area (Å²) in [4.78, 5) is 49.9. The second kappa shape index (κ2) is 10.2. The number of carbonyl (C=O) groups is 3. The third-order valence-electron chi connectivity index (χ3n) is 4.82. The van der Waals surface area contributed by atoms with Crippen molar-refractivity contribution >= 4 is 23.7 Å². The van der Waals surface area contributed by atoms with E-state index in [0.29, 0.717) is 6.54 Å². The predicted molar refractivity (Wildman–Crippen MR) is 121 cm³/mol. The van der Waals surface area contributed by atoms with Gasteiger partial charge in [-0.15, -0.1) is 0 Å². The van der Waals surface area contributed by atoms with Crippen LogP contribution in [0.5, 0.6) is 11.5 Å².